The van der Waals surface area contributed by atoms with Crippen LogP contribution >= 0.6 is 0 Å². The lowest BCUT2D eigenvalue weighted by molar-refractivity contribution is -0.142. The van der Waals surface area contributed by atoms with E-state index in [1.165, 1.54) is 0 Å². The molecule has 1 N–H and O–H groups in total. The third-order valence-electron chi connectivity index (χ3n) is 3.20. The van der Waals surface area contributed by atoms with Gasteiger partial charge >= 0.3 is 5.97 Å². The molecular weight excluding hydrogens is 216 g/mol. The predicted octanol–water partition coefficient (Wildman–Crippen LogP) is 2.22. The lowest BCUT2D eigenvalue weighted by atomic mass is 10.0. The number of nitrogens with zero attached hydrogens (tertiary/aromatic N) is 2. The van der Waals surface area contributed by atoms with Crippen molar-refractivity contribution >= 4 is 11.7 Å². The molecule has 92 valence electrons. The van der Waals surface area contributed by atoms with Crippen molar-refractivity contribution in [2.75, 3.05) is 4.90 Å². The Morgan fingerprint density at radius 2 is 2.18 bits per heavy atom. The topological polar surface area (TPSA) is 53.4 Å². The van der Waals surface area contributed by atoms with Gasteiger partial charge in [-0.3, -0.25) is 4.98 Å². The number of hydrogen-bond donors (Lipinski definition) is 1. The largest absolute Gasteiger partial charge is 0.480 e. The number of anilines is 1. The highest BCUT2D eigenvalue weighted by molar-refractivity contribution is 5.83. The minimum atomic E-state index is -0.880. The molecule has 1 aromatic rings. The fraction of sp³-hybridized carbons (Fsp3) is 0.538. The SMILES string of the molecule is Cc1cc(N(C2CC2)C(C)(C)C(=O)O)ccn1. The molecular formula is C13H18N2O2. The molecule has 4 nitrogen and oxygen atoms in total. The van der Waals surface area contributed by atoms with Gasteiger partial charge in [0, 0.05) is 23.6 Å². The number of aryl methyl sites for hydroxylation is 1. The Morgan fingerprint density at radius 3 is 2.65 bits per heavy atom. The summed E-state index contributed by atoms with van der Waals surface area (Å²) in [6.07, 6.45) is 3.87. The van der Waals surface area contributed by atoms with Gasteiger partial charge in [-0.05, 0) is 45.7 Å². The number of aliphatic carboxylic acids is 1. The molecule has 2 rings (SSSR count). The predicted molar refractivity (Wildman–Crippen MR) is 66.2 cm³/mol. The Labute approximate surface area is 101 Å². The van der Waals surface area contributed by atoms with E-state index in [1.807, 2.05) is 24.0 Å². The molecule has 0 amide bonds. The van der Waals surface area contributed by atoms with Crippen molar-refractivity contribution in [2.45, 2.75) is 45.2 Å². The van der Waals surface area contributed by atoms with E-state index in [0.717, 1.165) is 24.2 Å². The summed E-state index contributed by atoms with van der Waals surface area (Å²) in [4.78, 5) is 17.6. The number of pyridine rings is 1. The summed E-state index contributed by atoms with van der Waals surface area (Å²) in [6, 6.07) is 4.18. The van der Waals surface area contributed by atoms with Gasteiger partial charge in [-0.25, -0.2) is 4.79 Å². The number of rotatable bonds is 4. The Balaban J connectivity index is 2.39. The first kappa shape index (κ1) is 11.9. The summed E-state index contributed by atoms with van der Waals surface area (Å²) >= 11 is 0. The van der Waals surface area contributed by atoms with Crippen LogP contribution in [0.25, 0.3) is 0 Å². The van der Waals surface area contributed by atoms with Crippen LogP contribution in [0.5, 0.6) is 0 Å². The Morgan fingerprint density at radius 1 is 1.53 bits per heavy atom. The molecule has 17 heavy (non-hydrogen) atoms. The van der Waals surface area contributed by atoms with E-state index in [-0.39, 0.29) is 0 Å². The third kappa shape index (κ3) is 2.25. The molecule has 0 atom stereocenters. The first-order valence-corrected chi connectivity index (χ1v) is 5.88. The van der Waals surface area contributed by atoms with Gasteiger partial charge in [0.05, 0.1) is 0 Å². The van der Waals surface area contributed by atoms with Crippen molar-refractivity contribution in [3.63, 3.8) is 0 Å². The number of carboxylic acids is 1. The minimum Gasteiger partial charge on any atom is -0.480 e. The molecule has 0 aliphatic heterocycles. The lowest BCUT2D eigenvalue weighted by Gasteiger charge is -2.37. The van der Waals surface area contributed by atoms with Crippen LogP contribution in [0.3, 0.4) is 0 Å². The zero-order valence-electron chi connectivity index (χ0n) is 10.5. The summed E-state index contributed by atoms with van der Waals surface area (Å²) in [7, 11) is 0. The van der Waals surface area contributed by atoms with Gasteiger partial charge in [0.2, 0.25) is 0 Å². The summed E-state index contributed by atoms with van der Waals surface area (Å²) in [5.41, 5.74) is 0.983. The molecule has 0 bridgehead atoms. The molecule has 1 fully saturated rings. The Bertz CT molecular complexity index is 439. The van der Waals surface area contributed by atoms with Gasteiger partial charge in [-0.1, -0.05) is 0 Å². The first-order valence-electron chi connectivity index (χ1n) is 5.88. The highest BCUT2D eigenvalue weighted by atomic mass is 16.4. The second kappa shape index (κ2) is 4.02. The molecule has 1 aliphatic carbocycles. The van der Waals surface area contributed by atoms with E-state index < -0.39 is 11.5 Å². The van der Waals surface area contributed by atoms with Crippen molar-refractivity contribution in [1.82, 2.24) is 4.98 Å². The normalized spacial score (nSPS) is 15.7. The summed E-state index contributed by atoms with van der Waals surface area (Å²) in [5, 5.41) is 9.36. The van der Waals surface area contributed by atoms with Crippen LogP contribution in [-0.4, -0.2) is 27.6 Å². The zero-order valence-corrected chi connectivity index (χ0v) is 10.5. The molecule has 1 heterocycles. The number of carbonyl (C=O) groups is 1. The van der Waals surface area contributed by atoms with Crippen LogP contribution in [0.2, 0.25) is 0 Å². The lowest BCUT2D eigenvalue weighted by Crippen LogP contribution is -2.51. The third-order valence-corrected chi connectivity index (χ3v) is 3.20. The smallest absolute Gasteiger partial charge is 0.328 e. The quantitative estimate of drug-likeness (QED) is 0.868. The number of hydrogen-bond acceptors (Lipinski definition) is 3. The van der Waals surface area contributed by atoms with Crippen molar-refractivity contribution in [2.24, 2.45) is 0 Å². The van der Waals surface area contributed by atoms with Crippen LogP contribution < -0.4 is 4.90 Å². The van der Waals surface area contributed by atoms with Crippen molar-refractivity contribution in [3.05, 3.63) is 24.0 Å². The average Bonchev–Trinajstić information content (AvgIpc) is 3.01. The van der Waals surface area contributed by atoms with E-state index >= 15 is 0 Å². The van der Waals surface area contributed by atoms with Crippen molar-refractivity contribution in [3.8, 4) is 0 Å². The summed E-state index contributed by atoms with van der Waals surface area (Å²) < 4.78 is 0. The van der Waals surface area contributed by atoms with Gasteiger partial charge in [-0.15, -0.1) is 0 Å². The van der Waals surface area contributed by atoms with Crippen LogP contribution in [-0.2, 0) is 4.79 Å². The number of aromatic nitrogens is 1. The molecule has 0 aromatic carbocycles. The van der Waals surface area contributed by atoms with Crippen LogP contribution in [0.4, 0.5) is 5.69 Å². The molecule has 0 saturated heterocycles. The van der Waals surface area contributed by atoms with Gasteiger partial charge in [0.1, 0.15) is 5.54 Å². The molecule has 1 aromatic heterocycles. The second-order valence-electron chi connectivity index (χ2n) is 5.12. The Kier molecular flexibility index (Phi) is 2.81. The van der Waals surface area contributed by atoms with Gasteiger partial charge < -0.3 is 10.0 Å². The summed E-state index contributed by atoms with van der Waals surface area (Å²) in [5.74, 6) is -0.793. The van der Waals surface area contributed by atoms with Gasteiger partial charge in [0.25, 0.3) is 0 Å². The van der Waals surface area contributed by atoms with E-state index in [0.29, 0.717) is 6.04 Å². The van der Waals surface area contributed by atoms with E-state index in [9.17, 15) is 9.90 Å². The van der Waals surface area contributed by atoms with Crippen molar-refractivity contribution in [1.29, 1.82) is 0 Å². The molecule has 1 saturated carbocycles. The highest BCUT2D eigenvalue weighted by Gasteiger charge is 2.43. The maximum Gasteiger partial charge on any atom is 0.328 e. The maximum atomic E-state index is 11.4. The second-order valence-corrected chi connectivity index (χ2v) is 5.12. The first-order chi connectivity index (χ1) is 7.93. The van der Waals surface area contributed by atoms with Crippen LogP contribution in [0.1, 0.15) is 32.4 Å². The maximum absolute atomic E-state index is 11.4. The van der Waals surface area contributed by atoms with E-state index in [1.54, 1.807) is 20.0 Å². The van der Waals surface area contributed by atoms with Crippen LogP contribution in [0, 0.1) is 6.92 Å². The fourth-order valence-electron chi connectivity index (χ4n) is 2.11. The molecule has 0 radical (unpaired) electrons. The molecule has 4 heteroatoms. The zero-order chi connectivity index (χ0) is 12.6. The minimum absolute atomic E-state index is 0.350. The number of carboxylic acid groups (broad SMARTS) is 1. The van der Waals surface area contributed by atoms with Crippen molar-refractivity contribution < 1.29 is 9.90 Å². The monoisotopic (exact) mass is 234 g/mol. The van der Waals surface area contributed by atoms with E-state index in [4.69, 9.17) is 0 Å². The molecule has 0 spiro atoms. The fourth-order valence-corrected chi connectivity index (χ4v) is 2.11. The average molecular weight is 234 g/mol. The standard InChI is InChI=1S/C13H18N2O2/c1-9-8-11(6-7-14-9)15(10-4-5-10)13(2,3)12(16)17/h6-8,10H,4-5H2,1-3H3,(H,16,17). The highest BCUT2D eigenvalue weighted by Crippen LogP contribution is 2.37. The van der Waals surface area contributed by atoms with Gasteiger partial charge in [-0.2, -0.15) is 0 Å². The van der Waals surface area contributed by atoms with Crippen LogP contribution in [0.15, 0.2) is 18.3 Å². The Hall–Kier alpha value is -1.58. The molecule has 0 unspecified atom stereocenters. The van der Waals surface area contributed by atoms with E-state index in [2.05, 4.69) is 4.98 Å². The van der Waals surface area contributed by atoms with Gasteiger partial charge in [0.15, 0.2) is 0 Å². The molecule has 1 aliphatic rings. The summed E-state index contributed by atoms with van der Waals surface area (Å²) in [6.45, 7) is 5.43.